The number of aryl methyl sites for hydroxylation is 1. The Bertz CT molecular complexity index is 500. The van der Waals surface area contributed by atoms with E-state index in [4.69, 9.17) is 5.11 Å². The van der Waals surface area contributed by atoms with E-state index in [1.165, 1.54) is 0 Å². The predicted octanol–water partition coefficient (Wildman–Crippen LogP) is 1.30. The number of carbonyl (C=O) groups is 2. The first-order valence-electron chi connectivity index (χ1n) is 6.58. The Kier molecular flexibility index (Phi) is 4.24. The zero-order valence-electron chi connectivity index (χ0n) is 11.2. The fraction of sp³-hybridized carbons (Fsp3) is 0.429. The van der Waals surface area contributed by atoms with Crippen LogP contribution in [0.5, 0.6) is 0 Å². The summed E-state index contributed by atoms with van der Waals surface area (Å²) in [6.07, 6.45) is 0.190. The molecule has 1 aliphatic rings. The Labute approximate surface area is 117 Å². The summed E-state index contributed by atoms with van der Waals surface area (Å²) in [5.74, 6) is -1.10. The molecule has 0 aliphatic carbocycles. The Balaban J connectivity index is 2.04. The number of β-amino-alcohol motifs (C(OH)–C–C–N with tert-alkyl or cyclic N) is 1. The molecule has 2 atom stereocenters. The van der Waals surface area contributed by atoms with Crippen LogP contribution in [-0.4, -0.2) is 45.8 Å². The van der Waals surface area contributed by atoms with E-state index in [1.807, 2.05) is 19.1 Å². The molecule has 1 fully saturated rings. The van der Waals surface area contributed by atoms with Crippen molar-refractivity contribution < 1.29 is 19.8 Å². The van der Waals surface area contributed by atoms with Crippen LogP contribution in [0, 0.1) is 0 Å². The van der Waals surface area contributed by atoms with Gasteiger partial charge < -0.3 is 20.4 Å². The molecule has 1 aromatic carbocycles. The Hall–Kier alpha value is -2.08. The average Bonchev–Trinajstić information content (AvgIpc) is 2.82. The summed E-state index contributed by atoms with van der Waals surface area (Å²) in [5.41, 5.74) is 1.76. The van der Waals surface area contributed by atoms with Crippen molar-refractivity contribution in [2.24, 2.45) is 0 Å². The van der Waals surface area contributed by atoms with Crippen LogP contribution >= 0.6 is 0 Å². The summed E-state index contributed by atoms with van der Waals surface area (Å²) in [6, 6.07) is 5.89. The Morgan fingerprint density at radius 1 is 1.35 bits per heavy atom. The van der Waals surface area contributed by atoms with Gasteiger partial charge in [-0.1, -0.05) is 19.1 Å². The number of benzene rings is 1. The molecule has 108 valence electrons. The number of aliphatic hydroxyl groups excluding tert-OH is 1. The van der Waals surface area contributed by atoms with Crippen molar-refractivity contribution in [1.29, 1.82) is 0 Å². The number of carboxylic acids is 1. The molecule has 0 radical (unpaired) electrons. The number of amides is 2. The minimum Gasteiger partial charge on any atom is -0.480 e. The highest BCUT2D eigenvalue weighted by molar-refractivity contribution is 5.92. The van der Waals surface area contributed by atoms with Crippen molar-refractivity contribution in [3.8, 4) is 0 Å². The van der Waals surface area contributed by atoms with Crippen molar-refractivity contribution in [3.05, 3.63) is 29.8 Å². The van der Waals surface area contributed by atoms with Gasteiger partial charge in [-0.25, -0.2) is 9.59 Å². The number of nitrogens with one attached hydrogen (secondary N) is 1. The zero-order chi connectivity index (χ0) is 14.7. The zero-order valence-corrected chi connectivity index (χ0v) is 11.2. The van der Waals surface area contributed by atoms with E-state index in [0.29, 0.717) is 5.69 Å². The molecule has 1 aromatic rings. The maximum absolute atomic E-state index is 12.1. The number of aliphatic carboxylic acids is 1. The topological polar surface area (TPSA) is 89.9 Å². The lowest BCUT2D eigenvalue weighted by atomic mass is 10.1. The number of carboxylic acid groups (broad SMARTS) is 1. The first-order valence-corrected chi connectivity index (χ1v) is 6.58. The van der Waals surface area contributed by atoms with Crippen LogP contribution in [0.25, 0.3) is 0 Å². The van der Waals surface area contributed by atoms with Gasteiger partial charge in [-0.3, -0.25) is 0 Å². The molecule has 0 aromatic heterocycles. The van der Waals surface area contributed by atoms with Gasteiger partial charge in [-0.2, -0.15) is 0 Å². The summed E-state index contributed by atoms with van der Waals surface area (Å²) >= 11 is 0. The number of anilines is 1. The molecule has 2 rings (SSSR count). The summed E-state index contributed by atoms with van der Waals surface area (Å²) in [5, 5.41) is 21.2. The summed E-state index contributed by atoms with van der Waals surface area (Å²) in [4.78, 5) is 24.3. The fourth-order valence-electron chi connectivity index (χ4n) is 2.29. The van der Waals surface area contributed by atoms with Crippen LogP contribution in [0.2, 0.25) is 0 Å². The van der Waals surface area contributed by atoms with E-state index >= 15 is 0 Å². The van der Waals surface area contributed by atoms with Crippen LogP contribution in [0.1, 0.15) is 18.9 Å². The van der Waals surface area contributed by atoms with Crippen LogP contribution in [0.4, 0.5) is 10.5 Å². The first-order chi connectivity index (χ1) is 9.51. The van der Waals surface area contributed by atoms with E-state index in [1.54, 1.807) is 12.1 Å². The Morgan fingerprint density at radius 2 is 2.00 bits per heavy atom. The number of urea groups is 1. The molecule has 0 bridgehead atoms. The van der Waals surface area contributed by atoms with E-state index in [9.17, 15) is 14.7 Å². The summed E-state index contributed by atoms with van der Waals surface area (Å²) in [7, 11) is 0. The molecule has 1 unspecified atom stereocenters. The highest BCUT2D eigenvalue weighted by Gasteiger charge is 2.38. The first kappa shape index (κ1) is 14.3. The quantitative estimate of drug-likeness (QED) is 0.777. The van der Waals surface area contributed by atoms with Gasteiger partial charge in [0.25, 0.3) is 0 Å². The van der Waals surface area contributed by atoms with Gasteiger partial charge in [0.1, 0.15) is 6.04 Å². The number of hydrogen-bond donors (Lipinski definition) is 3. The lowest BCUT2D eigenvalue weighted by Crippen LogP contribution is -2.43. The summed E-state index contributed by atoms with van der Waals surface area (Å²) in [6.45, 7) is 2.08. The highest BCUT2D eigenvalue weighted by Crippen LogP contribution is 2.20. The third-order valence-electron chi connectivity index (χ3n) is 3.44. The maximum atomic E-state index is 12.1. The second kappa shape index (κ2) is 5.92. The number of rotatable bonds is 3. The van der Waals surface area contributed by atoms with Gasteiger partial charge in [0.2, 0.25) is 0 Å². The van der Waals surface area contributed by atoms with E-state index < -0.39 is 24.1 Å². The van der Waals surface area contributed by atoms with Gasteiger partial charge in [-0.15, -0.1) is 0 Å². The number of aliphatic hydroxyl groups is 1. The van der Waals surface area contributed by atoms with Crippen LogP contribution in [0.3, 0.4) is 0 Å². The minimum absolute atomic E-state index is 0.0375. The lowest BCUT2D eigenvalue weighted by Gasteiger charge is -2.21. The second-order valence-electron chi connectivity index (χ2n) is 4.88. The highest BCUT2D eigenvalue weighted by atomic mass is 16.4. The van der Waals surface area contributed by atoms with Crippen LogP contribution < -0.4 is 5.32 Å². The maximum Gasteiger partial charge on any atom is 0.326 e. The third-order valence-corrected chi connectivity index (χ3v) is 3.44. The Morgan fingerprint density at radius 3 is 2.55 bits per heavy atom. The van der Waals surface area contributed by atoms with Crippen molar-refractivity contribution in [3.63, 3.8) is 0 Å². The molecule has 1 aliphatic heterocycles. The van der Waals surface area contributed by atoms with Gasteiger partial charge in [0, 0.05) is 18.7 Å². The molecule has 20 heavy (non-hydrogen) atoms. The SMILES string of the molecule is CCc1ccc(NC(=O)N2CC(O)C[C@H]2C(=O)O)cc1. The van der Waals surface area contributed by atoms with Gasteiger partial charge in [0.05, 0.1) is 6.10 Å². The van der Waals surface area contributed by atoms with Crippen molar-refractivity contribution >= 4 is 17.7 Å². The molecule has 0 spiro atoms. The number of hydrogen-bond acceptors (Lipinski definition) is 3. The average molecular weight is 278 g/mol. The van der Waals surface area contributed by atoms with Crippen molar-refractivity contribution in [2.45, 2.75) is 31.9 Å². The normalized spacial score (nSPS) is 21.8. The summed E-state index contributed by atoms with van der Waals surface area (Å²) < 4.78 is 0. The van der Waals surface area contributed by atoms with Gasteiger partial charge in [0.15, 0.2) is 0 Å². The standard InChI is InChI=1S/C14H18N2O4/c1-2-9-3-5-10(6-4-9)15-14(20)16-8-11(17)7-12(16)13(18)19/h3-6,11-12,17H,2,7-8H2,1H3,(H,15,20)(H,18,19)/t11?,12-/m0/s1. The molecule has 3 N–H and O–H groups in total. The van der Waals surface area contributed by atoms with E-state index in [0.717, 1.165) is 16.9 Å². The molecule has 2 amide bonds. The van der Waals surface area contributed by atoms with Crippen molar-refractivity contribution in [2.75, 3.05) is 11.9 Å². The van der Waals surface area contributed by atoms with Crippen molar-refractivity contribution in [1.82, 2.24) is 4.90 Å². The number of likely N-dealkylation sites (tertiary alicyclic amines) is 1. The molecule has 6 nitrogen and oxygen atoms in total. The lowest BCUT2D eigenvalue weighted by molar-refractivity contribution is -0.141. The van der Waals surface area contributed by atoms with Crippen LogP contribution in [0.15, 0.2) is 24.3 Å². The van der Waals surface area contributed by atoms with Gasteiger partial charge in [-0.05, 0) is 24.1 Å². The van der Waals surface area contributed by atoms with E-state index in [-0.39, 0.29) is 13.0 Å². The molecular weight excluding hydrogens is 260 g/mol. The predicted molar refractivity (Wildman–Crippen MR) is 73.6 cm³/mol. The fourth-order valence-corrected chi connectivity index (χ4v) is 2.29. The van der Waals surface area contributed by atoms with E-state index in [2.05, 4.69) is 5.32 Å². The largest absolute Gasteiger partial charge is 0.480 e. The smallest absolute Gasteiger partial charge is 0.326 e. The molecule has 0 saturated carbocycles. The van der Waals surface area contributed by atoms with Crippen LogP contribution in [-0.2, 0) is 11.2 Å². The monoisotopic (exact) mass is 278 g/mol. The second-order valence-corrected chi connectivity index (χ2v) is 4.88. The minimum atomic E-state index is -1.10. The molecule has 6 heteroatoms. The van der Waals surface area contributed by atoms with Gasteiger partial charge >= 0.3 is 12.0 Å². The third kappa shape index (κ3) is 3.08. The molecule has 1 heterocycles. The molecule has 1 saturated heterocycles. The number of carbonyl (C=O) groups excluding carboxylic acids is 1. The number of nitrogens with zero attached hydrogens (tertiary/aromatic N) is 1. The molecular formula is C14H18N2O4.